The van der Waals surface area contributed by atoms with E-state index in [0.29, 0.717) is 28.5 Å². The van der Waals surface area contributed by atoms with Gasteiger partial charge in [0.2, 0.25) is 5.91 Å². The van der Waals surface area contributed by atoms with E-state index in [1.165, 1.54) is 0 Å². The Morgan fingerprint density at radius 2 is 1.87 bits per heavy atom. The summed E-state index contributed by atoms with van der Waals surface area (Å²) in [4.78, 5) is 38.7. The van der Waals surface area contributed by atoms with Crippen molar-refractivity contribution in [1.82, 2.24) is 15.5 Å². The summed E-state index contributed by atoms with van der Waals surface area (Å²) >= 11 is 12.1. The zero-order valence-electron chi connectivity index (χ0n) is 16.7. The molecular weight excluding hydrogens is 425 g/mol. The van der Waals surface area contributed by atoms with Crippen LogP contribution in [0.2, 0.25) is 10.0 Å². The molecule has 1 heterocycles. The lowest BCUT2D eigenvalue weighted by Gasteiger charge is -2.22. The van der Waals surface area contributed by atoms with E-state index in [9.17, 15) is 14.4 Å². The molecule has 1 aliphatic heterocycles. The summed E-state index contributed by atoms with van der Waals surface area (Å²) in [5, 5.41) is 6.42. The lowest BCUT2D eigenvalue weighted by molar-refractivity contribution is -0.134. The minimum Gasteiger partial charge on any atom is -0.348 e. The number of hydrogen-bond donors (Lipinski definition) is 2. The van der Waals surface area contributed by atoms with Crippen molar-refractivity contribution >= 4 is 41.0 Å². The summed E-state index contributed by atoms with van der Waals surface area (Å²) < 4.78 is 0. The Bertz CT molecular complexity index is 967. The highest BCUT2D eigenvalue weighted by molar-refractivity contribution is 6.35. The first-order valence-corrected chi connectivity index (χ1v) is 10.4. The highest BCUT2D eigenvalue weighted by Gasteiger charge is 2.47. The highest BCUT2D eigenvalue weighted by atomic mass is 35.5. The second kappa shape index (κ2) is 9.06. The van der Waals surface area contributed by atoms with Crippen molar-refractivity contribution in [2.24, 2.45) is 0 Å². The molecule has 158 valence electrons. The summed E-state index contributed by atoms with van der Waals surface area (Å²) in [5.74, 6) is -0.861. The molecule has 3 rings (SSSR count). The van der Waals surface area contributed by atoms with Crippen LogP contribution in [0.15, 0.2) is 48.5 Å². The van der Waals surface area contributed by atoms with Gasteiger partial charge in [0.1, 0.15) is 12.1 Å². The number of hydrogen-bond acceptors (Lipinski definition) is 3. The van der Waals surface area contributed by atoms with Gasteiger partial charge in [0.15, 0.2) is 0 Å². The third-order valence-electron chi connectivity index (χ3n) is 5.21. The lowest BCUT2D eigenvalue weighted by Crippen LogP contribution is -2.45. The molecule has 1 fully saturated rings. The number of carbonyl (C=O) groups is 3. The normalized spacial score (nSPS) is 19.5. The topological polar surface area (TPSA) is 78.5 Å². The Morgan fingerprint density at radius 3 is 2.53 bits per heavy atom. The van der Waals surface area contributed by atoms with Crippen LogP contribution in [-0.2, 0) is 16.0 Å². The number of urea groups is 1. The molecule has 0 radical (unpaired) electrons. The van der Waals surface area contributed by atoms with Gasteiger partial charge >= 0.3 is 6.03 Å². The van der Waals surface area contributed by atoms with Gasteiger partial charge in [-0.1, -0.05) is 59.6 Å². The number of carbonyl (C=O) groups excluding carboxylic acids is 3. The van der Waals surface area contributed by atoms with Crippen LogP contribution in [0.5, 0.6) is 0 Å². The minimum atomic E-state index is -1.04. The average Bonchev–Trinajstić information content (AvgIpc) is 2.90. The molecule has 0 saturated carbocycles. The Balaban J connectivity index is 1.61. The van der Waals surface area contributed by atoms with Crippen molar-refractivity contribution in [3.05, 3.63) is 69.7 Å². The Hall–Kier alpha value is -2.57. The molecule has 0 bridgehead atoms. The first kappa shape index (κ1) is 22.1. The van der Waals surface area contributed by atoms with Gasteiger partial charge in [-0.25, -0.2) is 4.79 Å². The number of aryl methyl sites for hydroxylation is 1. The van der Waals surface area contributed by atoms with Crippen LogP contribution in [0, 0.1) is 0 Å². The quantitative estimate of drug-likeness (QED) is 0.626. The predicted molar refractivity (Wildman–Crippen MR) is 116 cm³/mol. The largest absolute Gasteiger partial charge is 0.348 e. The number of rotatable bonds is 7. The number of amides is 4. The average molecular weight is 448 g/mol. The maximum Gasteiger partial charge on any atom is 0.325 e. The minimum absolute atomic E-state index is 0.360. The Morgan fingerprint density at radius 1 is 1.17 bits per heavy atom. The fourth-order valence-electron chi connectivity index (χ4n) is 3.46. The van der Waals surface area contributed by atoms with Gasteiger partial charge in [-0.3, -0.25) is 14.5 Å². The van der Waals surface area contributed by atoms with E-state index in [0.717, 1.165) is 10.5 Å². The van der Waals surface area contributed by atoms with Crippen LogP contribution >= 0.6 is 23.2 Å². The second-order valence-electron chi connectivity index (χ2n) is 7.59. The molecule has 0 aromatic heterocycles. The van der Waals surface area contributed by atoms with Crippen LogP contribution < -0.4 is 10.6 Å². The van der Waals surface area contributed by atoms with E-state index < -0.39 is 29.4 Å². The molecule has 2 aromatic rings. The molecule has 0 unspecified atom stereocenters. The van der Waals surface area contributed by atoms with Crippen molar-refractivity contribution in [3.63, 3.8) is 0 Å². The van der Waals surface area contributed by atoms with E-state index in [1.807, 2.05) is 30.3 Å². The van der Waals surface area contributed by atoms with Crippen LogP contribution in [0.3, 0.4) is 0 Å². The third kappa shape index (κ3) is 4.94. The Labute approximate surface area is 185 Å². The fourth-order valence-corrected chi connectivity index (χ4v) is 4.03. The number of benzene rings is 2. The molecule has 1 saturated heterocycles. The second-order valence-corrected chi connectivity index (χ2v) is 8.44. The molecule has 1 aliphatic rings. The van der Waals surface area contributed by atoms with Gasteiger partial charge in [0, 0.05) is 10.0 Å². The molecule has 0 aliphatic carbocycles. The lowest BCUT2D eigenvalue weighted by atomic mass is 9.93. The zero-order valence-corrected chi connectivity index (χ0v) is 18.3. The van der Waals surface area contributed by atoms with Gasteiger partial charge < -0.3 is 10.6 Å². The van der Waals surface area contributed by atoms with Crippen molar-refractivity contribution in [3.8, 4) is 0 Å². The molecule has 2 N–H and O–H groups in total. The van der Waals surface area contributed by atoms with Gasteiger partial charge in [0.05, 0.1) is 6.04 Å². The zero-order chi connectivity index (χ0) is 21.9. The SMILES string of the molecule is C[C@@H](NC(=O)CN1C(=O)N[C@](C)(CCc2ccccc2)C1=O)c1ccc(Cl)cc1Cl. The number of nitrogens with one attached hydrogen (secondary N) is 2. The molecule has 8 heteroatoms. The summed E-state index contributed by atoms with van der Waals surface area (Å²) in [7, 11) is 0. The molecule has 2 atom stereocenters. The monoisotopic (exact) mass is 447 g/mol. The fraction of sp³-hybridized carbons (Fsp3) is 0.318. The van der Waals surface area contributed by atoms with Crippen molar-refractivity contribution in [1.29, 1.82) is 0 Å². The van der Waals surface area contributed by atoms with E-state index in [4.69, 9.17) is 23.2 Å². The predicted octanol–water partition coefficient (Wildman–Crippen LogP) is 4.11. The maximum absolute atomic E-state index is 12.9. The van der Waals surface area contributed by atoms with Crippen LogP contribution in [0.25, 0.3) is 0 Å². The number of imide groups is 1. The van der Waals surface area contributed by atoms with E-state index in [2.05, 4.69) is 10.6 Å². The van der Waals surface area contributed by atoms with Gasteiger partial charge in [-0.15, -0.1) is 0 Å². The van der Waals surface area contributed by atoms with Crippen LogP contribution in [0.4, 0.5) is 4.79 Å². The van der Waals surface area contributed by atoms with E-state index >= 15 is 0 Å². The van der Waals surface area contributed by atoms with Gasteiger partial charge in [-0.2, -0.15) is 0 Å². The molecule has 2 aromatic carbocycles. The summed E-state index contributed by atoms with van der Waals surface area (Å²) in [5.41, 5.74) is 0.725. The third-order valence-corrected chi connectivity index (χ3v) is 5.77. The van der Waals surface area contributed by atoms with Crippen LogP contribution in [-0.4, -0.2) is 34.8 Å². The van der Waals surface area contributed by atoms with E-state index in [-0.39, 0.29) is 6.54 Å². The smallest absolute Gasteiger partial charge is 0.325 e. The molecule has 0 spiro atoms. The summed E-state index contributed by atoms with van der Waals surface area (Å²) in [6.07, 6.45) is 1.08. The number of nitrogens with zero attached hydrogens (tertiary/aromatic N) is 1. The number of halogens is 2. The Kier molecular flexibility index (Phi) is 6.68. The maximum atomic E-state index is 12.9. The van der Waals surface area contributed by atoms with Crippen molar-refractivity contribution < 1.29 is 14.4 Å². The summed E-state index contributed by atoms with van der Waals surface area (Å²) in [6.45, 7) is 3.09. The van der Waals surface area contributed by atoms with Crippen molar-refractivity contribution in [2.45, 2.75) is 38.3 Å². The molecule has 30 heavy (non-hydrogen) atoms. The van der Waals surface area contributed by atoms with Crippen LogP contribution in [0.1, 0.15) is 37.4 Å². The van der Waals surface area contributed by atoms with Gasteiger partial charge in [-0.05, 0) is 49.9 Å². The van der Waals surface area contributed by atoms with E-state index in [1.54, 1.807) is 32.0 Å². The molecule has 4 amide bonds. The first-order valence-electron chi connectivity index (χ1n) is 9.62. The standard InChI is InChI=1S/C22H23Cl2N3O3/c1-14(17-9-8-16(23)12-18(17)24)25-19(28)13-27-20(29)22(2,26-21(27)30)11-10-15-6-4-3-5-7-15/h3-9,12,14H,10-11,13H2,1-2H3,(H,25,28)(H,26,30)/t14-,22-/m1/s1. The highest BCUT2D eigenvalue weighted by Crippen LogP contribution is 2.26. The molecular formula is C22H23Cl2N3O3. The summed E-state index contributed by atoms with van der Waals surface area (Å²) in [6, 6.07) is 13.7. The van der Waals surface area contributed by atoms with Crippen molar-refractivity contribution in [2.75, 3.05) is 6.54 Å². The first-order chi connectivity index (χ1) is 14.2. The molecule has 6 nitrogen and oxygen atoms in total. The van der Waals surface area contributed by atoms with Gasteiger partial charge in [0.25, 0.3) is 5.91 Å².